The van der Waals surface area contributed by atoms with Gasteiger partial charge in [0, 0.05) is 30.9 Å². The topological polar surface area (TPSA) is 41.6 Å². The minimum atomic E-state index is -0.280. The van der Waals surface area contributed by atoms with Crippen molar-refractivity contribution in [1.82, 2.24) is 4.90 Å². The van der Waals surface area contributed by atoms with E-state index in [2.05, 4.69) is 10.2 Å². The molecule has 1 N–H and O–H groups in total. The molecule has 0 spiro atoms. The molecule has 2 unspecified atom stereocenters. The molecule has 0 aromatic heterocycles. The van der Waals surface area contributed by atoms with Gasteiger partial charge in [-0.05, 0) is 60.4 Å². The van der Waals surface area contributed by atoms with Crippen LogP contribution in [0.25, 0.3) is 0 Å². The number of anilines is 1. The summed E-state index contributed by atoms with van der Waals surface area (Å²) in [6.07, 6.45) is 1.49. The van der Waals surface area contributed by atoms with Crippen LogP contribution in [-0.4, -0.2) is 24.5 Å². The Morgan fingerprint density at radius 3 is 2.38 bits per heavy atom. The molecule has 4 rings (SSSR count). The smallest absolute Gasteiger partial charge is 0.228 e. The normalized spacial score (nSPS) is 18.8. The van der Waals surface area contributed by atoms with Crippen LogP contribution in [0, 0.1) is 17.6 Å². The number of benzene rings is 3. The minimum Gasteiger partial charge on any atom is -0.497 e. The van der Waals surface area contributed by atoms with Crippen molar-refractivity contribution >= 4 is 11.6 Å². The Labute approximate surface area is 186 Å². The second-order valence-electron chi connectivity index (χ2n) is 8.12. The van der Waals surface area contributed by atoms with E-state index < -0.39 is 0 Å². The zero-order valence-corrected chi connectivity index (χ0v) is 17.9. The van der Waals surface area contributed by atoms with E-state index in [1.165, 1.54) is 24.3 Å². The number of carbonyl (C=O) groups is 1. The molecule has 1 aliphatic heterocycles. The average Bonchev–Trinajstić information content (AvgIpc) is 2.81. The van der Waals surface area contributed by atoms with Crippen LogP contribution in [0.5, 0.6) is 5.75 Å². The van der Waals surface area contributed by atoms with Gasteiger partial charge in [0.1, 0.15) is 17.4 Å². The van der Waals surface area contributed by atoms with Crippen LogP contribution < -0.4 is 10.1 Å². The first-order valence-electron chi connectivity index (χ1n) is 10.7. The predicted molar refractivity (Wildman–Crippen MR) is 120 cm³/mol. The molecular formula is C26H26F2N2O2. The summed E-state index contributed by atoms with van der Waals surface area (Å²) in [7, 11) is 1.59. The van der Waals surface area contributed by atoms with Gasteiger partial charge in [-0.1, -0.05) is 30.3 Å². The SMILES string of the molecule is COc1cccc(NC(=O)C2CCC(c3ccc(F)cc3)N(Cc3ccc(F)cc3)C2)c1. The summed E-state index contributed by atoms with van der Waals surface area (Å²) in [5.74, 6) is -0.109. The maximum absolute atomic E-state index is 13.5. The Morgan fingerprint density at radius 2 is 1.69 bits per heavy atom. The van der Waals surface area contributed by atoms with E-state index in [-0.39, 0.29) is 29.5 Å². The van der Waals surface area contributed by atoms with Crippen LogP contribution in [-0.2, 0) is 11.3 Å². The molecule has 4 nitrogen and oxygen atoms in total. The number of carbonyl (C=O) groups excluding carboxylic acids is 1. The van der Waals surface area contributed by atoms with Crippen LogP contribution in [0.1, 0.15) is 30.0 Å². The van der Waals surface area contributed by atoms with Crippen molar-refractivity contribution in [2.45, 2.75) is 25.4 Å². The Kier molecular flexibility index (Phi) is 6.81. The molecule has 0 saturated carbocycles. The standard InChI is InChI=1S/C26H26F2N2O2/c1-32-24-4-2-3-23(15-24)29-26(31)20-9-14-25(19-7-12-22(28)13-8-19)30(17-20)16-18-5-10-21(27)11-6-18/h2-8,10-13,15,20,25H,9,14,16-17H2,1H3,(H,29,31). The van der Waals surface area contributed by atoms with Gasteiger partial charge < -0.3 is 10.1 Å². The molecule has 166 valence electrons. The summed E-state index contributed by atoms with van der Waals surface area (Å²) in [4.78, 5) is 15.2. The first-order valence-corrected chi connectivity index (χ1v) is 10.7. The average molecular weight is 437 g/mol. The number of nitrogens with one attached hydrogen (secondary N) is 1. The first kappa shape index (κ1) is 22.0. The highest BCUT2D eigenvalue weighted by Crippen LogP contribution is 2.35. The van der Waals surface area contributed by atoms with E-state index in [0.717, 1.165) is 24.0 Å². The van der Waals surface area contributed by atoms with Crippen molar-refractivity contribution in [2.75, 3.05) is 19.0 Å². The Bertz CT molecular complexity index is 1050. The summed E-state index contributed by atoms with van der Waals surface area (Å²) in [5.41, 5.74) is 2.67. The van der Waals surface area contributed by atoms with Crippen molar-refractivity contribution in [2.24, 2.45) is 5.92 Å². The molecule has 2 atom stereocenters. The van der Waals surface area contributed by atoms with Crippen molar-refractivity contribution in [3.63, 3.8) is 0 Å². The van der Waals surface area contributed by atoms with Crippen molar-refractivity contribution in [1.29, 1.82) is 0 Å². The number of rotatable bonds is 6. The molecule has 0 radical (unpaired) electrons. The Balaban J connectivity index is 1.52. The number of nitrogens with zero attached hydrogens (tertiary/aromatic N) is 1. The number of halogens is 2. The molecule has 6 heteroatoms. The van der Waals surface area contributed by atoms with E-state index in [0.29, 0.717) is 24.5 Å². The number of methoxy groups -OCH3 is 1. The number of amides is 1. The maximum Gasteiger partial charge on any atom is 0.228 e. The van der Waals surface area contributed by atoms with Crippen LogP contribution in [0.4, 0.5) is 14.5 Å². The second kappa shape index (κ2) is 9.92. The van der Waals surface area contributed by atoms with Crippen LogP contribution in [0.15, 0.2) is 72.8 Å². The summed E-state index contributed by atoms with van der Waals surface area (Å²) in [6.45, 7) is 1.13. The molecule has 0 bridgehead atoms. The molecule has 1 heterocycles. The number of piperidine rings is 1. The van der Waals surface area contributed by atoms with Gasteiger partial charge >= 0.3 is 0 Å². The fourth-order valence-corrected chi connectivity index (χ4v) is 4.26. The predicted octanol–water partition coefficient (Wildman–Crippen LogP) is 5.57. The lowest BCUT2D eigenvalue weighted by Gasteiger charge is -2.39. The van der Waals surface area contributed by atoms with Crippen molar-refractivity contribution < 1.29 is 18.3 Å². The monoisotopic (exact) mass is 436 g/mol. The Hall–Kier alpha value is -3.25. The van der Waals surface area contributed by atoms with E-state index in [9.17, 15) is 13.6 Å². The number of hydrogen-bond acceptors (Lipinski definition) is 3. The summed E-state index contributed by atoms with van der Waals surface area (Å²) < 4.78 is 32.0. The molecular weight excluding hydrogens is 410 g/mol. The van der Waals surface area contributed by atoms with Crippen molar-refractivity contribution in [3.05, 3.63) is 95.6 Å². The van der Waals surface area contributed by atoms with Gasteiger partial charge in [0.15, 0.2) is 0 Å². The van der Waals surface area contributed by atoms with Crippen LogP contribution >= 0.6 is 0 Å². The van der Waals surface area contributed by atoms with Gasteiger partial charge in [-0.25, -0.2) is 8.78 Å². The third-order valence-corrected chi connectivity index (χ3v) is 5.95. The van der Waals surface area contributed by atoms with E-state index in [4.69, 9.17) is 4.74 Å². The molecule has 32 heavy (non-hydrogen) atoms. The first-order chi connectivity index (χ1) is 15.5. The lowest BCUT2D eigenvalue weighted by atomic mass is 9.88. The highest BCUT2D eigenvalue weighted by atomic mass is 19.1. The molecule has 0 aliphatic carbocycles. The lowest BCUT2D eigenvalue weighted by molar-refractivity contribution is -0.122. The molecule has 3 aromatic rings. The summed E-state index contributed by atoms with van der Waals surface area (Å²) >= 11 is 0. The molecule has 3 aromatic carbocycles. The molecule has 1 aliphatic rings. The van der Waals surface area contributed by atoms with E-state index >= 15 is 0 Å². The van der Waals surface area contributed by atoms with Gasteiger partial charge in [-0.3, -0.25) is 9.69 Å². The minimum absolute atomic E-state index is 0.0417. The zero-order valence-electron chi connectivity index (χ0n) is 17.9. The number of likely N-dealkylation sites (tertiary alicyclic amines) is 1. The summed E-state index contributed by atoms with van der Waals surface area (Å²) in [6, 6.07) is 20.3. The van der Waals surface area contributed by atoms with Gasteiger partial charge in [0.2, 0.25) is 5.91 Å². The zero-order chi connectivity index (χ0) is 22.5. The van der Waals surface area contributed by atoms with Crippen LogP contribution in [0.2, 0.25) is 0 Å². The molecule has 1 amide bonds. The van der Waals surface area contributed by atoms with Gasteiger partial charge in [-0.15, -0.1) is 0 Å². The second-order valence-corrected chi connectivity index (χ2v) is 8.12. The number of hydrogen-bond donors (Lipinski definition) is 1. The van der Waals surface area contributed by atoms with Gasteiger partial charge in [-0.2, -0.15) is 0 Å². The molecule has 1 saturated heterocycles. The van der Waals surface area contributed by atoms with Crippen LogP contribution in [0.3, 0.4) is 0 Å². The van der Waals surface area contributed by atoms with E-state index in [1.807, 2.05) is 18.2 Å². The maximum atomic E-state index is 13.5. The third-order valence-electron chi connectivity index (χ3n) is 5.95. The number of ether oxygens (including phenoxy) is 1. The van der Waals surface area contributed by atoms with E-state index in [1.54, 1.807) is 37.4 Å². The largest absolute Gasteiger partial charge is 0.497 e. The fraction of sp³-hybridized carbons (Fsp3) is 0.269. The summed E-state index contributed by atoms with van der Waals surface area (Å²) in [5, 5.41) is 3.00. The Morgan fingerprint density at radius 1 is 1.00 bits per heavy atom. The molecule has 1 fully saturated rings. The highest BCUT2D eigenvalue weighted by molar-refractivity contribution is 5.93. The fourth-order valence-electron chi connectivity index (χ4n) is 4.26. The van der Waals surface area contributed by atoms with Crippen molar-refractivity contribution in [3.8, 4) is 5.75 Å². The quantitative estimate of drug-likeness (QED) is 0.550. The van der Waals surface area contributed by atoms with Gasteiger partial charge in [0.25, 0.3) is 0 Å². The highest BCUT2D eigenvalue weighted by Gasteiger charge is 2.33. The third kappa shape index (κ3) is 5.32. The lowest BCUT2D eigenvalue weighted by Crippen LogP contribution is -2.42. The van der Waals surface area contributed by atoms with Gasteiger partial charge in [0.05, 0.1) is 13.0 Å².